The number of carbonyl (C=O) groups excluding carboxylic acids is 2. The highest BCUT2D eigenvalue weighted by atomic mass is 35.5. The molecule has 12 heteroatoms. The third-order valence-electron chi connectivity index (χ3n) is 6.34. The van der Waals surface area contributed by atoms with Gasteiger partial charge in [-0.25, -0.2) is 8.42 Å². The number of nitrogens with zero attached hydrogens (tertiary/aromatic N) is 2. The molecule has 1 N–H and O–H groups in total. The molecule has 2 amide bonds. The van der Waals surface area contributed by atoms with E-state index in [2.05, 4.69) is 5.32 Å². The largest absolute Gasteiger partial charge is 0.495 e. The second-order valence-electron chi connectivity index (χ2n) is 9.08. The van der Waals surface area contributed by atoms with E-state index in [9.17, 15) is 18.0 Å². The Morgan fingerprint density at radius 3 is 2.20 bits per heavy atom. The van der Waals surface area contributed by atoms with Crippen molar-refractivity contribution in [3.63, 3.8) is 0 Å². The summed E-state index contributed by atoms with van der Waals surface area (Å²) in [5.41, 5.74) is 0.500. The minimum atomic E-state index is -4.29. The maximum atomic E-state index is 14.2. The number of ether oxygens (including phenoxy) is 1. The van der Waals surface area contributed by atoms with Crippen molar-refractivity contribution in [2.75, 3.05) is 24.5 Å². The fourth-order valence-corrected chi connectivity index (χ4v) is 6.35. The molecule has 0 spiro atoms. The van der Waals surface area contributed by atoms with Crippen LogP contribution in [0.1, 0.15) is 32.3 Å². The Kier molecular flexibility index (Phi) is 11.7. The van der Waals surface area contributed by atoms with Gasteiger partial charge in [-0.05, 0) is 55.3 Å². The maximum absolute atomic E-state index is 14.2. The quantitative estimate of drug-likeness (QED) is 0.241. The molecule has 8 nitrogen and oxygen atoms in total. The van der Waals surface area contributed by atoms with Crippen molar-refractivity contribution in [3.05, 3.63) is 87.4 Å². The van der Waals surface area contributed by atoms with E-state index < -0.39 is 28.5 Å². The van der Waals surface area contributed by atoms with Gasteiger partial charge in [-0.2, -0.15) is 0 Å². The number of amides is 2. The maximum Gasteiger partial charge on any atom is 0.264 e. The highest BCUT2D eigenvalue weighted by Gasteiger charge is 2.35. The average molecular weight is 641 g/mol. The van der Waals surface area contributed by atoms with Crippen LogP contribution in [0.3, 0.4) is 0 Å². The van der Waals surface area contributed by atoms with Gasteiger partial charge in [0.05, 0.1) is 17.7 Å². The van der Waals surface area contributed by atoms with Gasteiger partial charge in [0, 0.05) is 33.7 Å². The van der Waals surface area contributed by atoms with Gasteiger partial charge in [0.15, 0.2) is 0 Å². The molecule has 0 aliphatic rings. The predicted octanol–water partition coefficient (Wildman–Crippen LogP) is 6.18. The van der Waals surface area contributed by atoms with Crippen LogP contribution in [0.15, 0.2) is 71.6 Å². The van der Waals surface area contributed by atoms with Crippen LogP contribution in [0, 0.1) is 0 Å². The van der Waals surface area contributed by atoms with E-state index in [4.69, 9.17) is 39.5 Å². The molecule has 1 atom stereocenters. The van der Waals surface area contributed by atoms with E-state index in [-0.39, 0.29) is 40.2 Å². The smallest absolute Gasteiger partial charge is 0.264 e. The average Bonchev–Trinajstić information content (AvgIpc) is 2.96. The molecule has 0 saturated heterocycles. The summed E-state index contributed by atoms with van der Waals surface area (Å²) in [4.78, 5) is 28.7. The number of methoxy groups -OCH3 is 1. The molecular formula is C29H32Cl3N3O5S. The summed E-state index contributed by atoms with van der Waals surface area (Å²) in [5, 5.41) is 3.69. The highest BCUT2D eigenvalue weighted by Crippen LogP contribution is 2.35. The number of rotatable bonds is 13. The zero-order chi connectivity index (χ0) is 30.2. The van der Waals surface area contributed by atoms with Crippen LogP contribution >= 0.6 is 34.8 Å². The Hall–Kier alpha value is -2.98. The van der Waals surface area contributed by atoms with Crippen molar-refractivity contribution < 1.29 is 22.7 Å². The van der Waals surface area contributed by atoms with Gasteiger partial charge in [0.25, 0.3) is 10.0 Å². The van der Waals surface area contributed by atoms with Gasteiger partial charge in [-0.15, -0.1) is 0 Å². The number of benzene rings is 3. The molecule has 41 heavy (non-hydrogen) atoms. The number of carbonyl (C=O) groups is 2. The zero-order valence-electron chi connectivity index (χ0n) is 22.9. The monoisotopic (exact) mass is 639 g/mol. The van der Waals surface area contributed by atoms with Gasteiger partial charge in [-0.3, -0.25) is 13.9 Å². The molecule has 0 fully saturated rings. The van der Waals surface area contributed by atoms with E-state index in [1.807, 2.05) is 6.92 Å². The molecule has 0 aliphatic heterocycles. The second-order valence-corrected chi connectivity index (χ2v) is 12.2. The molecule has 0 saturated carbocycles. The summed E-state index contributed by atoms with van der Waals surface area (Å²) in [6, 6.07) is 16.2. The van der Waals surface area contributed by atoms with Gasteiger partial charge >= 0.3 is 0 Å². The van der Waals surface area contributed by atoms with Crippen molar-refractivity contribution in [3.8, 4) is 5.75 Å². The molecule has 0 aromatic heterocycles. The van der Waals surface area contributed by atoms with E-state index in [0.717, 1.165) is 4.31 Å². The minimum absolute atomic E-state index is 0.0387. The SMILES string of the molecule is CCCNC(=O)[C@@H](CC)N(Cc1c(Cl)cccc1Cl)C(=O)CN(c1cc(Cl)ccc1OC)S(=O)(=O)c1ccccc1. The molecule has 0 aliphatic carbocycles. The number of halogens is 3. The Labute approximate surface area is 256 Å². The molecular weight excluding hydrogens is 609 g/mol. The summed E-state index contributed by atoms with van der Waals surface area (Å²) < 4.78 is 34.4. The topological polar surface area (TPSA) is 96.0 Å². The van der Waals surface area contributed by atoms with Gasteiger partial charge in [-0.1, -0.05) is 72.9 Å². The predicted molar refractivity (Wildman–Crippen MR) is 163 cm³/mol. The molecule has 3 aromatic rings. The van der Waals surface area contributed by atoms with Gasteiger partial charge in [0.2, 0.25) is 11.8 Å². The summed E-state index contributed by atoms with van der Waals surface area (Å²) >= 11 is 19.1. The lowest BCUT2D eigenvalue weighted by Gasteiger charge is -2.34. The van der Waals surface area contributed by atoms with Crippen molar-refractivity contribution in [2.45, 2.75) is 44.2 Å². The lowest BCUT2D eigenvalue weighted by molar-refractivity contribution is -0.140. The number of hydrogen-bond acceptors (Lipinski definition) is 5. The number of hydrogen-bond donors (Lipinski definition) is 1. The van der Waals surface area contributed by atoms with Gasteiger partial charge in [0.1, 0.15) is 18.3 Å². The highest BCUT2D eigenvalue weighted by molar-refractivity contribution is 7.92. The Morgan fingerprint density at radius 1 is 0.951 bits per heavy atom. The first-order chi connectivity index (χ1) is 19.5. The Balaban J connectivity index is 2.15. The number of sulfonamides is 1. The van der Waals surface area contributed by atoms with E-state index in [1.54, 1.807) is 49.4 Å². The molecule has 0 heterocycles. The number of nitrogens with one attached hydrogen (secondary N) is 1. The Morgan fingerprint density at radius 2 is 1.61 bits per heavy atom. The first kappa shape index (κ1) is 32.5. The molecule has 0 unspecified atom stereocenters. The minimum Gasteiger partial charge on any atom is -0.495 e. The lowest BCUT2D eigenvalue weighted by Crippen LogP contribution is -2.52. The molecule has 220 valence electrons. The number of anilines is 1. The van der Waals surface area contributed by atoms with Crippen molar-refractivity contribution in [1.82, 2.24) is 10.2 Å². The van der Waals surface area contributed by atoms with E-state index in [0.29, 0.717) is 28.6 Å². The summed E-state index contributed by atoms with van der Waals surface area (Å²) in [5.74, 6) is -0.833. The van der Waals surface area contributed by atoms with Crippen molar-refractivity contribution in [2.24, 2.45) is 0 Å². The molecule has 3 rings (SSSR count). The van der Waals surface area contributed by atoms with Crippen LogP contribution in [-0.4, -0.2) is 51.4 Å². The third kappa shape index (κ3) is 7.86. The fraction of sp³-hybridized carbons (Fsp3) is 0.310. The van der Waals surface area contributed by atoms with E-state index in [1.165, 1.54) is 36.3 Å². The fourth-order valence-electron chi connectivity index (χ4n) is 4.23. The summed E-state index contributed by atoms with van der Waals surface area (Å²) in [6.07, 6.45) is 0.958. The molecule has 0 bridgehead atoms. The van der Waals surface area contributed by atoms with Crippen LogP contribution in [0.2, 0.25) is 15.1 Å². The molecule has 0 radical (unpaired) electrons. The van der Waals surface area contributed by atoms with Crippen LogP contribution in [0.4, 0.5) is 5.69 Å². The second kappa shape index (κ2) is 14.8. The Bertz CT molecular complexity index is 1450. The summed E-state index contributed by atoms with van der Waals surface area (Å²) in [6.45, 7) is 3.31. The first-order valence-corrected chi connectivity index (χ1v) is 15.5. The first-order valence-electron chi connectivity index (χ1n) is 13.0. The molecule has 3 aromatic carbocycles. The standard InChI is InChI=1S/C29H32Cl3N3O5S/c1-4-16-33-29(37)25(5-2)34(18-22-23(31)12-9-13-24(22)32)28(36)19-35(26-17-20(30)14-15-27(26)40-3)41(38,39)21-10-7-6-8-11-21/h6-15,17,25H,4-5,16,18-19H2,1-3H3,(H,33,37)/t25-/m1/s1. The van der Waals surface area contributed by atoms with Crippen LogP contribution in [0.25, 0.3) is 0 Å². The third-order valence-corrected chi connectivity index (χ3v) is 9.06. The van der Waals surface area contributed by atoms with Crippen LogP contribution in [-0.2, 0) is 26.2 Å². The van der Waals surface area contributed by atoms with Crippen molar-refractivity contribution >= 4 is 62.3 Å². The van der Waals surface area contributed by atoms with E-state index >= 15 is 0 Å². The van der Waals surface area contributed by atoms with Gasteiger partial charge < -0.3 is 15.0 Å². The normalized spacial score (nSPS) is 12.0. The summed E-state index contributed by atoms with van der Waals surface area (Å²) in [7, 11) is -2.91. The van der Waals surface area contributed by atoms with Crippen LogP contribution in [0.5, 0.6) is 5.75 Å². The lowest BCUT2D eigenvalue weighted by atomic mass is 10.1. The zero-order valence-corrected chi connectivity index (χ0v) is 26.0. The van der Waals surface area contributed by atoms with Crippen molar-refractivity contribution in [1.29, 1.82) is 0 Å². The van der Waals surface area contributed by atoms with Crippen LogP contribution < -0.4 is 14.4 Å².